The van der Waals surface area contributed by atoms with Crippen LogP contribution in [0.1, 0.15) is 61.8 Å². The lowest BCUT2D eigenvalue weighted by atomic mass is 9.73. The van der Waals surface area contributed by atoms with E-state index in [9.17, 15) is 24.0 Å². The first kappa shape index (κ1) is 26.5. The van der Waals surface area contributed by atoms with Crippen molar-refractivity contribution in [2.24, 2.45) is 11.8 Å². The second-order valence-corrected chi connectivity index (χ2v) is 11.0. The molecule has 4 aromatic rings. The number of nitrogens with zero attached hydrogens (tertiary/aromatic N) is 2. The van der Waals surface area contributed by atoms with Crippen molar-refractivity contribution >= 4 is 41.0 Å². The average Bonchev–Trinajstić information content (AvgIpc) is 3.45. The number of amides is 4. The van der Waals surface area contributed by atoms with E-state index in [2.05, 4.69) is 12.1 Å². The van der Waals surface area contributed by atoms with E-state index >= 15 is 0 Å². The van der Waals surface area contributed by atoms with E-state index in [-0.39, 0.29) is 51.8 Å². The zero-order valence-electron chi connectivity index (χ0n) is 23.0. The minimum Gasteiger partial charge on any atom is -0.421 e. The van der Waals surface area contributed by atoms with Crippen molar-refractivity contribution in [2.75, 3.05) is 9.80 Å². The van der Waals surface area contributed by atoms with Crippen LogP contribution in [0.2, 0.25) is 0 Å². The number of carbonyl (C=O) groups is 5. The highest BCUT2D eigenvalue weighted by atomic mass is 16.5. The first-order valence-electron chi connectivity index (χ1n) is 14.2. The van der Waals surface area contributed by atoms with Gasteiger partial charge >= 0.3 is 5.97 Å². The largest absolute Gasteiger partial charge is 0.421 e. The molecule has 8 nitrogen and oxygen atoms in total. The zero-order chi connectivity index (χ0) is 29.7. The summed E-state index contributed by atoms with van der Waals surface area (Å²) in [4.78, 5) is 68.7. The van der Waals surface area contributed by atoms with Gasteiger partial charge in [-0.15, -0.1) is 0 Å². The maximum absolute atomic E-state index is 13.6. The van der Waals surface area contributed by atoms with E-state index in [4.69, 9.17) is 4.74 Å². The molecule has 0 N–H and O–H groups in total. The molecule has 2 heterocycles. The van der Waals surface area contributed by atoms with Crippen molar-refractivity contribution < 1.29 is 28.7 Å². The number of benzene rings is 4. The van der Waals surface area contributed by atoms with Crippen molar-refractivity contribution in [3.8, 4) is 5.75 Å². The van der Waals surface area contributed by atoms with E-state index in [1.165, 1.54) is 34.7 Å². The van der Waals surface area contributed by atoms with Gasteiger partial charge in [0.05, 0.1) is 39.9 Å². The number of carbonyl (C=O) groups excluding carboxylic acids is 5. The maximum Gasteiger partial charge on any atom is 0.343 e. The lowest BCUT2D eigenvalue weighted by molar-refractivity contribution is -0.122. The summed E-state index contributed by atoms with van der Waals surface area (Å²) in [6.45, 7) is 0. The van der Waals surface area contributed by atoms with Crippen LogP contribution in [0.5, 0.6) is 5.75 Å². The van der Waals surface area contributed by atoms with Gasteiger partial charge in [0.2, 0.25) is 11.8 Å². The van der Waals surface area contributed by atoms with Crippen LogP contribution in [0, 0.1) is 11.8 Å². The second kappa shape index (κ2) is 10.5. The third kappa shape index (κ3) is 4.43. The van der Waals surface area contributed by atoms with Crippen LogP contribution in [0.3, 0.4) is 0 Å². The summed E-state index contributed by atoms with van der Waals surface area (Å²) < 4.78 is 5.70. The van der Waals surface area contributed by atoms with Crippen LogP contribution in [0.15, 0.2) is 103 Å². The Kier molecular flexibility index (Phi) is 6.46. The highest BCUT2D eigenvalue weighted by molar-refractivity contribution is 6.35. The van der Waals surface area contributed by atoms with Gasteiger partial charge in [-0.2, -0.15) is 0 Å². The van der Waals surface area contributed by atoms with Crippen molar-refractivity contribution in [1.29, 1.82) is 0 Å². The fourth-order valence-corrected chi connectivity index (χ4v) is 6.53. The number of rotatable bonds is 5. The molecule has 4 amide bonds. The minimum atomic E-state index is -0.758. The molecule has 3 atom stereocenters. The summed E-state index contributed by atoms with van der Waals surface area (Å²) in [7, 11) is 0. The van der Waals surface area contributed by atoms with Gasteiger partial charge in [-0.25, -0.2) is 9.69 Å². The number of para-hydroxylation sites is 2. The van der Waals surface area contributed by atoms with Crippen LogP contribution >= 0.6 is 0 Å². The van der Waals surface area contributed by atoms with Crippen molar-refractivity contribution in [2.45, 2.75) is 25.2 Å². The van der Waals surface area contributed by atoms with Gasteiger partial charge in [0, 0.05) is 0 Å². The maximum atomic E-state index is 13.6. The summed E-state index contributed by atoms with van der Waals surface area (Å²) in [6.07, 6.45) is 2.06. The number of fused-ring (bicyclic) bond motifs is 2. The SMILES string of the molecule is O=C(Oc1ccccc1N1C(=O)c2ccccc2C1=O)c1cccc(N2C(=O)[C@@H]3CC[C@H](c4ccccc4)C[C@H]3C2=O)c1. The van der Waals surface area contributed by atoms with Crippen LogP contribution in [0.4, 0.5) is 11.4 Å². The third-order valence-electron chi connectivity index (χ3n) is 8.64. The quantitative estimate of drug-likeness (QED) is 0.171. The second-order valence-electron chi connectivity index (χ2n) is 11.0. The van der Waals surface area contributed by atoms with E-state index < -0.39 is 23.7 Å². The van der Waals surface area contributed by atoms with Gasteiger partial charge in [0.15, 0.2) is 5.75 Å². The Labute approximate surface area is 247 Å². The molecular formula is C35H26N2O6. The van der Waals surface area contributed by atoms with Crippen LogP contribution < -0.4 is 14.5 Å². The minimum absolute atomic E-state index is 0.0266. The number of esters is 1. The molecule has 0 radical (unpaired) electrons. The highest BCUT2D eigenvalue weighted by Crippen LogP contribution is 2.45. The third-order valence-corrected chi connectivity index (χ3v) is 8.64. The normalized spacial score (nSPS) is 21.2. The Hall–Kier alpha value is -5.37. The monoisotopic (exact) mass is 570 g/mol. The predicted octanol–water partition coefficient (Wildman–Crippen LogP) is 5.78. The van der Waals surface area contributed by atoms with Gasteiger partial charge in [0.25, 0.3) is 11.8 Å². The fraction of sp³-hybridized carbons (Fsp3) is 0.171. The molecule has 2 fully saturated rings. The number of imide groups is 2. The topological polar surface area (TPSA) is 101 Å². The average molecular weight is 571 g/mol. The zero-order valence-corrected chi connectivity index (χ0v) is 23.0. The van der Waals surface area contributed by atoms with Crippen LogP contribution in [-0.4, -0.2) is 29.6 Å². The summed E-state index contributed by atoms with van der Waals surface area (Å²) in [6, 6.07) is 29.1. The van der Waals surface area contributed by atoms with Gasteiger partial charge in [-0.1, -0.05) is 60.7 Å². The van der Waals surface area contributed by atoms with E-state index in [1.54, 1.807) is 48.5 Å². The van der Waals surface area contributed by atoms with Crippen molar-refractivity contribution in [3.05, 3.63) is 125 Å². The van der Waals surface area contributed by atoms with Gasteiger partial charge in [-0.05, 0) is 73.2 Å². The molecule has 4 aromatic carbocycles. The Balaban J connectivity index is 1.12. The molecule has 0 unspecified atom stereocenters. The van der Waals surface area contributed by atoms with Crippen molar-refractivity contribution in [3.63, 3.8) is 0 Å². The first-order valence-corrected chi connectivity index (χ1v) is 14.2. The van der Waals surface area contributed by atoms with Gasteiger partial charge in [-0.3, -0.25) is 24.1 Å². The lowest BCUT2D eigenvalue weighted by Gasteiger charge is -2.28. The molecule has 43 heavy (non-hydrogen) atoms. The Morgan fingerprint density at radius 1 is 0.651 bits per heavy atom. The Bertz CT molecular complexity index is 1780. The number of hydrogen-bond donors (Lipinski definition) is 0. The fourth-order valence-electron chi connectivity index (χ4n) is 6.53. The van der Waals surface area contributed by atoms with Gasteiger partial charge < -0.3 is 4.74 Å². The summed E-state index contributed by atoms with van der Waals surface area (Å²) in [5.41, 5.74) is 2.29. The van der Waals surface area contributed by atoms with Crippen LogP contribution in [0.25, 0.3) is 0 Å². The number of ether oxygens (including phenoxy) is 1. The first-order chi connectivity index (χ1) is 20.9. The van der Waals surface area contributed by atoms with Crippen molar-refractivity contribution in [1.82, 2.24) is 0 Å². The highest BCUT2D eigenvalue weighted by Gasteiger charge is 2.50. The van der Waals surface area contributed by atoms with Crippen LogP contribution in [-0.2, 0) is 9.59 Å². The standard InChI is InChI=1S/C35H26N2O6/c38-31-27-18-17-22(21-9-2-1-3-10-21)20-28(27)34(41)36(31)24-12-8-11-23(19-24)35(42)43-30-16-7-6-15-29(30)37-32(39)25-13-4-5-14-26(25)33(37)40/h1-16,19,22,27-28H,17-18,20H2/t22-,27+,28+/m0/s1. The number of hydrogen-bond acceptors (Lipinski definition) is 6. The van der Waals surface area contributed by atoms with E-state index in [1.807, 2.05) is 18.2 Å². The molecular weight excluding hydrogens is 544 g/mol. The Morgan fingerprint density at radius 2 is 1.30 bits per heavy atom. The molecule has 2 aliphatic heterocycles. The molecule has 0 spiro atoms. The molecule has 3 aliphatic rings. The van der Waals surface area contributed by atoms with E-state index in [0.29, 0.717) is 18.5 Å². The molecule has 1 aliphatic carbocycles. The molecule has 8 heteroatoms. The summed E-state index contributed by atoms with van der Waals surface area (Å²) in [5.74, 6) is -2.82. The Morgan fingerprint density at radius 3 is 2.05 bits per heavy atom. The molecule has 0 aromatic heterocycles. The molecule has 1 saturated heterocycles. The molecule has 7 rings (SSSR count). The smallest absolute Gasteiger partial charge is 0.343 e. The van der Waals surface area contributed by atoms with Gasteiger partial charge in [0.1, 0.15) is 0 Å². The molecule has 1 saturated carbocycles. The predicted molar refractivity (Wildman–Crippen MR) is 158 cm³/mol. The van der Waals surface area contributed by atoms with E-state index in [0.717, 1.165) is 11.3 Å². The molecule has 212 valence electrons. The lowest BCUT2D eigenvalue weighted by Crippen LogP contribution is -2.31. The summed E-state index contributed by atoms with van der Waals surface area (Å²) in [5, 5.41) is 0. The number of anilines is 2. The summed E-state index contributed by atoms with van der Waals surface area (Å²) >= 11 is 0. The molecule has 0 bridgehead atoms.